The monoisotopic (exact) mass is 263 g/mol. The number of hydrogen-bond donors (Lipinski definition) is 1. The van der Waals surface area contributed by atoms with Crippen molar-refractivity contribution in [2.75, 3.05) is 0 Å². The fraction of sp³-hybridized carbons (Fsp3) is 0.0769. The fourth-order valence-corrected chi connectivity index (χ4v) is 2.28. The zero-order chi connectivity index (χ0) is 13.0. The van der Waals surface area contributed by atoms with E-state index in [1.54, 1.807) is 0 Å². The first-order valence-electron chi connectivity index (χ1n) is 5.23. The average molecular weight is 263 g/mol. The number of aromatic nitrogens is 1. The number of pyridine rings is 1. The summed E-state index contributed by atoms with van der Waals surface area (Å²) in [5.41, 5.74) is 0.685. The molecule has 1 N–H and O–H groups in total. The molecule has 0 aliphatic carbocycles. The summed E-state index contributed by atoms with van der Waals surface area (Å²) in [5, 5.41) is 8.91. The van der Waals surface area contributed by atoms with Crippen molar-refractivity contribution < 1.29 is 14.3 Å². The number of hydrogen-bond acceptors (Lipinski definition) is 3. The number of carbonyl (C=O) groups is 1. The highest BCUT2D eigenvalue weighted by atomic mass is 32.2. The molecule has 0 saturated heterocycles. The van der Waals surface area contributed by atoms with Crippen LogP contribution in [0.5, 0.6) is 0 Å². The summed E-state index contributed by atoms with van der Waals surface area (Å²) in [5.74, 6) is -1.50. The lowest BCUT2D eigenvalue weighted by molar-refractivity contribution is 0.0691. The van der Waals surface area contributed by atoms with Gasteiger partial charge in [0.15, 0.2) is 5.82 Å². The van der Waals surface area contributed by atoms with E-state index in [1.807, 2.05) is 30.3 Å². The Labute approximate surface area is 108 Å². The van der Waals surface area contributed by atoms with E-state index < -0.39 is 11.8 Å². The van der Waals surface area contributed by atoms with Crippen molar-refractivity contribution in [2.45, 2.75) is 10.8 Å². The average Bonchev–Trinajstić information content (AvgIpc) is 2.38. The second kappa shape index (κ2) is 5.64. The van der Waals surface area contributed by atoms with Gasteiger partial charge in [-0.05, 0) is 11.6 Å². The molecule has 0 amide bonds. The van der Waals surface area contributed by atoms with Gasteiger partial charge >= 0.3 is 5.97 Å². The van der Waals surface area contributed by atoms with Crippen molar-refractivity contribution in [2.24, 2.45) is 0 Å². The van der Waals surface area contributed by atoms with Crippen LogP contribution in [-0.2, 0) is 5.75 Å². The Bertz CT molecular complexity index is 560. The highest BCUT2D eigenvalue weighted by Crippen LogP contribution is 2.25. The SMILES string of the molecule is O=C(O)c1ccnc(SCc2ccccc2)c1F. The summed E-state index contributed by atoms with van der Waals surface area (Å²) in [6, 6.07) is 10.7. The van der Waals surface area contributed by atoms with Gasteiger partial charge in [0.1, 0.15) is 5.03 Å². The highest BCUT2D eigenvalue weighted by Gasteiger charge is 2.15. The van der Waals surface area contributed by atoms with Gasteiger partial charge in [-0.25, -0.2) is 14.2 Å². The van der Waals surface area contributed by atoms with Crippen molar-refractivity contribution in [1.29, 1.82) is 0 Å². The topological polar surface area (TPSA) is 50.2 Å². The largest absolute Gasteiger partial charge is 0.478 e. The summed E-state index contributed by atoms with van der Waals surface area (Å²) < 4.78 is 13.8. The van der Waals surface area contributed by atoms with Crippen LogP contribution in [0.1, 0.15) is 15.9 Å². The van der Waals surface area contributed by atoms with E-state index in [1.165, 1.54) is 18.0 Å². The Kier molecular flexibility index (Phi) is 3.94. The summed E-state index contributed by atoms with van der Waals surface area (Å²) in [6.07, 6.45) is 1.31. The number of aromatic carboxylic acids is 1. The van der Waals surface area contributed by atoms with Crippen LogP contribution in [0.25, 0.3) is 0 Å². The van der Waals surface area contributed by atoms with Crippen LogP contribution in [0.4, 0.5) is 4.39 Å². The van der Waals surface area contributed by atoms with Gasteiger partial charge in [0.05, 0.1) is 5.56 Å². The molecule has 2 rings (SSSR count). The fourth-order valence-electron chi connectivity index (χ4n) is 1.42. The lowest BCUT2D eigenvalue weighted by atomic mass is 10.2. The first-order chi connectivity index (χ1) is 8.68. The first kappa shape index (κ1) is 12.6. The van der Waals surface area contributed by atoms with E-state index in [0.29, 0.717) is 5.75 Å². The molecule has 18 heavy (non-hydrogen) atoms. The predicted molar refractivity (Wildman–Crippen MR) is 67.2 cm³/mol. The summed E-state index contributed by atoms with van der Waals surface area (Å²) in [7, 11) is 0. The molecule has 92 valence electrons. The van der Waals surface area contributed by atoms with Crippen LogP contribution in [0.3, 0.4) is 0 Å². The maximum Gasteiger partial charge on any atom is 0.338 e. The van der Waals surface area contributed by atoms with Crippen molar-refractivity contribution in [3.05, 3.63) is 59.5 Å². The number of halogens is 1. The molecule has 0 bridgehead atoms. The molecule has 2 aromatic rings. The number of rotatable bonds is 4. The molecule has 0 aliphatic heterocycles. The summed E-state index contributed by atoms with van der Waals surface area (Å²) >= 11 is 1.18. The third kappa shape index (κ3) is 2.87. The minimum absolute atomic E-state index is 0.110. The van der Waals surface area contributed by atoms with Gasteiger partial charge in [0.25, 0.3) is 0 Å². The maximum atomic E-state index is 13.8. The molecule has 0 saturated carbocycles. The number of nitrogens with zero attached hydrogens (tertiary/aromatic N) is 1. The molecule has 0 aliphatic rings. The Morgan fingerprint density at radius 3 is 2.67 bits per heavy atom. The van der Waals surface area contributed by atoms with Crippen LogP contribution < -0.4 is 0 Å². The lowest BCUT2D eigenvalue weighted by Crippen LogP contribution is -2.02. The van der Waals surface area contributed by atoms with Crippen molar-refractivity contribution in [1.82, 2.24) is 4.98 Å². The van der Waals surface area contributed by atoms with Crippen LogP contribution in [0, 0.1) is 5.82 Å². The molecule has 0 fully saturated rings. The van der Waals surface area contributed by atoms with Crippen molar-refractivity contribution in [3.63, 3.8) is 0 Å². The van der Waals surface area contributed by atoms with E-state index in [0.717, 1.165) is 11.6 Å². The minimum Gasteiger partial charge on any atom is -0.478 e. The maximum absolute atomic E-state index is 13.8. The molecular formula is C13H10FNO2S. The number of benzene rings is 1. The molecule has 1 heterocycles. The van der Waals surface area contributed by atoms with Gasteiger partial charge in [0.2, 0.25) is 0 Å². The van der Waals surface area contributed by atoms with E-state index >= 15 is 0 Å². The molecule has 3 nitrogen and oxygen atoms in total. The van der Waals surface area contributed by atoms with Gasteiger partial charge in [-0.1, -0.05) is 42.1 Å². The summed E-state index contributed by atoms with van der Waals surface area (Å²) in [4.78, 5) is 14.6. The molecule has 0 radical (unpaired) electrons. The predicted octanol–water partition coefficient (Wildman–Crippen LogP) is 3.21. The Hall–Kier alpha value is -1.88. The van der Waals surface area contributed by atoms with E-state index in [-0.39, 0.29) is 10.6 Å². The van der Waals surface area contributed by atoms with Crippen molar-refractivity contribution >= 4 is 17.7 Å². The molecule has 1 aromatic carbocycles. The van der Waals surface area contributed by atoms with Gasteiger partial charge in [-0.3, -0.25) is 0 Å². The first-order valence-corrected chi connectivity index (χ1v) is 6.21. The standard InChI is InChI=1S/C13H10FNO2S/c14-11-10(13(16)17)6-7-15-12(11)18-8-9-4-2-1-3-5-9/h1-7H,8H2,(H,16,17). The van der Waals surface area contributed by atoms with Crippen LogP contribution in [-0.4, -0.2) is 16.1 Å². The molecule has 0 spiro atoms. The van der Waals surface area contributed by atoms with Gasteiger partial charge in [0, 0.05) is 11.9 Å². The van der Waals surface area contributed by atoms with Crippen LogP contribution >= 0.6 is 11.8 Å². The van der Waals surface area contributed by atoms with Gasteiger partial charge < -0.3 is 5.11 Å². The van der Waals surface area contributed by atoms with Crippen LogP contribution in [0.2, 0.25) is 0 Å². The second-order valence-electron chi connectivity index (χ2n) is 3.56. The lowest BCUT2D eigenvalue weighted by Gasteiger charge is -2.04. The zero-order valence-electron chi connectivity index (χ0n) is 9.34. The number of carboxylic acids is 1. The third-order valence-electron chi connectivity index (χ3n) is 2.31. The van der Waals surface area contributed by atoms with Gasteiger partial charge in [-0.2, -0.15) is 0 Å². The molecular weight excluding hydrogens is 253 g/mol. The van der Waals surface area contributed by atoms with Gasteiger partial charge in [-0.15, -0.1) is 0 Å². The Morgan fingerprint density at radius 2 is 2.00 bits per heavy atom. The molecule has 0 unspecified atom stereocenters. The molecule has 1 aromatic heterocycles. The zero-order valence-corrected chi connectivity index (χ0v) is 10.2. The minimum atomic E-state index is -1.28. The highest BCUT2D eigenvalue weighted by molar-refractivity contribution is 7.98. The molecule has 0 atom stereocenters. The second-order valence-corrected chi connectivity index (χ2v) is 4.52. The van der Waals surface area contributed by atoms with Crippen LogP contribution in [0.15, 0.2) is 47.6 Å². The normalized spacial score (nSPS) is 10.3. The van der Waals surface area contributed by atoms with E-state index in [2.05, 4.69) is 4.98 Å². The summed E-state index contributed by atoms with van der Waals surface area (Å²) in [6.45, 7) is 0. The quantitative estimate of drug-likeness (QED) is 0.860. The van der Waals surface area contributed by atoms with Crippen molar-refractivity contribution in [3.8, 4) is 0 Å². The Morgan fingerprint density at radius 1 is 1.28 bits per heavy atom. The number of thioether (sulfide) groups is 1. The van der Waals surface area contributed by atoms with E-state index in [9.17, 15) is 9.18 Å². The Balaban J connectivity index is 2.15. The van der Waals surface area contributed by atoms with E-state index in [4.69, 9.17) is 5.11 Å². The smallest absolute Gasteiger partial charge is 0.338 e. The third-order valence-corrected chi connectivity index (χ3v) is 3.34. The molecule has 5 heteroatoms. The number of carboxylic acid groups (broad SMARTS) is 1.